The molecule has 0 spiro atoms. The van der Waals surface area contributed by atoms with E-state index in [1.54, 1.807) is 18.2 Å². The van der Waals surface area contributed by atoms with Gasteiger partial charge in [0, 0.05) is 12.6 Å². The number of nitrogen functional groups attached to an aromatic ring is 1. The average molecular weight is 289 g/mol. The van der Waals surface area contributed by atoms with Gasteiger partial charge in [-0.05, 0) is 36.2 Å². The van der Waals surface area contributed by atoms with Crippen molar-refractivity contribution in [3.05, 3.63) is 53.6 Å². The number of nitrogens with zero attached hydrogens (tertiary/aromatic N) is 1. The summed E-state index contributed by atoms with van der Waals surface area (Å²) in [6, 6.07) is 9.07. The van der Waals surface area contributed by atoms with E-state index in [-0.39, 0.29) is 0 Å². The molecule has 3 rings (SSSR count). The van der Waals surface area contributed by atoms with E-state index in [9.17, 15) is 8.78 Å². The Bertz CT molecular complexity index is 765. The number of hydrogen-bond acceptors (Lipinski definition) is 4. The van der Waals surface area contributed by atoms with Crippen LogP contribution in [0.15, 0.2) is 40.8 Å². The number of anilines is 2. The molecule has 3 aromatic rings. The smallest absolute Gasteiger partial charge is 0.295 e. The lowest BCUT2D eigenvalue weighted by atomic mass is 10.1. The zero-order valence-electron chi connectivity index (χ0n) is 11.1. The summed E-state index contributed by atoms with van der Waals surface area (Å²) in [5, 5.41) is 2.97. The van der Waals surface area contributed by atoms with Crippen LogP contribution < -0.4 is 11.1 Å². The fraction of sp³-hybridized carbons (Fsp3) is 0.133. The van der Waals surface area contributed by atoms with Crippen LogP contribution in [-0.2, 0) is 6.42 Å². The number of benzene rings is 2. The second-order valence-electron chi connectivity index (χ2n) is 4.67. The van der Waals surface area contributed by atoms with Crippen molar-refractivity contribution >= 4 is 22.8 Å². The third kappa shape index (κ3) is 2.94. The molecule has 1 aromatic heterocycles. The Morgan fingerprint density at radius 1 is 1.14 bits per heavy atom. The van der Waals surface area contributed by atoms with Crippen LogP contribution in [0.5, 0.6) is 0 Å². The highest BCUT2D eigenvalue weighted by Crippen LogP contribution is 2.23. The zero-order chi connectivity index (χ0) is 14.8. The SMILES string of the molecule is Nc1cccc2oc(NCCc3cc(F)cc(F)c3)nc12. The van der Waals surface area contributed by atoms with E-state index in [1.165, 1.54) is 12.1 Å². The van der Waals surface area contributed by atoms with Gasteiger partial charge in [-0.3, -0.25) is 0 Å². The Hall–Kier alpha value is -2.63. The second-order valence-corrected chi connectivity index (χ2v) is 4.67. The summed E-state index contributed by atoms with van der Waals surface area (Å²) >= 11 is 0. The standard InChI is InChI=1S/C15H13F2N3O/c16-10-6-9(7-11(17)8-10)4-5-19-15-20-14-12(18)2-1-3-13(14)21-15/h1-3,6-8H,4-5,18H2,(H,19,20). The molecule has 0 aliphatic carbocycles. The second kappa shape index (κ2) is 5.40. The minimum absolute atomic E-state index is 0.333. The van der Waals surface area contributed by atoms with Crippen LogP contribution in [-0.4, -0.2) is 11.5 Å². The van der Waals surface area contributed by atoms with Crippen molar-refractivity contribution in [2.24, 2.45) is 0 Å². The van der Waals surface area contributed by atoms with Crippen molar-refractivity contribution in [3.8, 4) is 0 Å². The van der Waals surface area contributed by atoms with E-state index in [0.29, 0.717) is 41.3 Å². The van der Waals surface area contributed by atoms with E-state index in [2.05, 4.69) is 10.3 Å². The molecule has 3 N–H and O–H groups in total. The lowest BCUT2D eigenvalue weighted by Crippen LogP contribution is -2.05. The minimum atomic E-state index is -0.584. The maximum Gasteiger partial charge on any atom is 0.295 e. The molecule has 0 saturated carbocycles. The molecule has 0 amide bonds. The van der Waals surface area contributed by atoms with Crippen LogP contribution in [0.25, 0.3) is 11.1 Å². The van der Waals surface area contributed by atoms with Gasteiger partial charge in [0.15, 0.2) is 5.58 Å². The Labute approximate surface area is 119 Å². The fourth-order valence-electron chi connectivity index (χ4n) is 2.11. The van der Waals surface area contributed by atoms with E-state index >= 15 is 0 Å². The molecule has 2 aromatic carbocycles. The van der Waals surface area contributed by atoms with E-state index in [0.717, 1.165) is 6.07 Å². The summed E-state index contributed by atoms with van der Waals surface area (Å²) < 4.78 is 31.6. The number of oxazole rings is 1. The van der Waals surface area contributed by atoms with Crippen LogP contribution in [0, 0.1) is 11.6 Å². The lowest BCUT2D eigenvalue weighted by molar-refractivity contribution is 0.579. The summed E-state index contributed by atoms with van der Waals surface area (Å²) in [7, 11) is 0. The number of nitrogens with one attached hydrogen (secondary N) is 1. The normalized spacial score (nSPS) is 11.0. The minimum Gasteiger partial charge on any atom is -0.423 e. The van der Waals surface area contributed by atoms with Crippen molar-refractivity contribution in [2.45, 2.75) is 6.42 Å². The number of fused-ring (bicyclic) bond motifs is 1. The highest BCUT2D eigenvalue weighted by molar-refractivity contribution is 5.86. The quantitative estimate of drug-likeness (QED) is 0.723. The summed E-state index contributed by atoms with van der Waals surface area (Å²) in [5.41, 5.74) is 8.08. The molecule has 0 aliphatic rings. The molecule has 108 valence electrons. The highest BCUT2D eigenvalue weighted by Gasteiger charge is 2.07. The van der Waals surface area contributed by atoms with Gasteiger partial charge in [-0.25, -0.2) is 8.78 Å². The molecule has 0 atom stereocenters. The summed E-state index contributed by atoms with van der Waals surface area (Å²) in [6.07, 6.45) is 0.447. The molecule has 1 heterocycles. The van der Waals surface area contributed by atoms with Gasteiger partial charge in [-0.1, -0.05) is 6.07 Å². The van der Waals surface area contributed by atoms with Crippen molar-refractivity contribution in [3.63, 3.8) is 0 Å². The molecule has 0 saturated heterocycles. The fourth-order valence-corrected chi connectivity index (χ4v) is 2.11. The molecule has 0 unspecified atom stereocenters. The number of hydrogen-bond donors (Lipinski definition) is 2. The Balaban J connectivity index is 1.68. The molecular formula is C15H13F2N3O. The van der Waals surface area contributed by atoms with Gasteiger partial charge in [-0.2, -0.15) is 4.98 Å². The predicted molar refractivity (Wildman–Crippen MR) is 77.0 cm³/mol. The molecule has 0 radical (unpaired) electrons. The van der Waals surface area contributed by atoms with E-state index in [1.807, 2.05) is 0 Å². The number of aromatic nitrogens is 1. The number of para-hydroxylation sites is 1. The molecule has 0 aliphatic heterocycles. The van der Waals surface area contributed by atoms with Gasteiger partial charge in [0.2, 0.25) is 0 Å². The molecule has 21 heavy (non-hydrogen) atoms. The molecule has 0 fully saturated rings. The van der Waals surface area contributed by atoms with Crippen LogP contribution in [0.4, 0.5) is 20.5 Å². The zero-order valence-corrected chi connectivity index (χ0v) is 11.1. The van der Waals surface area contributed by atoms with Crippen LogP contribution >= 0.6 is 0 Å². The van der Waals surface area contributed by atoms with Crippen LogP contribution in [0.3, 0.4) is 0 Å². The van der Waals surface area contributed by atoms with Crippen molar-refractivity contribution in [1.29, 1.82) is 0 Å². The Kier molecular flexibility index (Phi) is 3.43. The Morgan fingerprint density at radius 3 is 2.62 bits per heavy atom. The first-order chi connectivity index (χ1) is 10.1. The monoisotopic (exact) mass is 289 g/mol. The topological polar surface area (TPSA) is 64.1 Å². The molecule has 0 bridgehead atoms. The average Bonchev–Trinajstić information content (AvgIpc) is 2.82. The highest BCUT2D eigenvalue weighted by atomic mass is 19.1. The summed E-state index contributed by atoms with van der Waals surface area (Å²) in [6.45, 7) is 0.440. The van der Waals surface area contributed by atoms with Crippen molar-refractivity contribution in [1.82, 2.24) is 4.98 Å². The van der Waals surface area contributed by atoms with Gasteiger partial charge < -0.3 is 15.5 Å². The van der Waals surface area contributed by atoms with Crippen LogP contribution in [0.1, 0.15) is 5.56 Å². The van der Waals surface area contributed by atoms with E-state index < -0.39 is 11.6 Å². The van der Waals surface area contributed by atoms with Crippen molar-refractivity contribution in [2.75, 3.05) is 17.6 Å². The first kappa shape index (κ1) is 13.4. The molecule has 4 nitrogen and oxygen atoms in total. The van der Waals surface area contributed by atoms with Gasteiger partial charge >= 0.3 is 0 Å². The number of nitrogens with two attached hydrogens (primary N) is 1. The lowest BCUT2D eigenvalue weighted by Gasteiger charge is -2.03. The summed E-state index contributed by atoms with van der Waals surface area (Å²) in [5.74, 6) is -1.17. The summed E-state index contributed by atoms with van der Waals surface area (Å²) in [4.78, 5) is 4.23. The van der Waals surface area contributed by atoms with E-state index in [4.69, 9.17) is 10.2 Å². The number of halogens is 2. The Morgan fingerprint density at radius 2 is 1.90 bits per heavy atom. The first-order valence-corrected chi connectivity index (χ1v) is 6.46. The molecular weight excluding hydrogens is 276 g/mol. The van der Waals surface area contributed by atoms with Crippen LogP contribution in [0.2, 0.25) is 0 Å². The predicted octanol–water partition coefficient (Wildman–Crippen LogP) is 3.34. The van der Waals surface area contributed by atoms with Gasteiger partial charge in [0.25, 0.3) is 6.01 Å². The van der Waals surface area contributed by atoms with Crippen molar-refractivity contribution < 1.29 is 13.2 Å². The first-order valence-electron chi connectivity index (χ1n) is 6.46. The van der Waals surface area contributed by atoms with Gasteiger partial charge in [0.1, 0.15) is 17.2 Å². The van der Waals surface area contributed by atoms with Gasteiger partial charge in [-0.15, -0.1) is 0 Å². The van der Waals surface area contributed by atoms with Gasteiger partial charge in [0.05, 0.1) is 5.69 Å². The molecule has 6 heteroatoms. The maximum atomic E-state index is 13.1. The number of rotatable bonds is 4. The maximum absolute atomic E-state index is 13.1. The third-order valence-corrected chi connectivity index (χ3v) is 3.06. The largest absolute Gasteiger partial charge is 0.423 e. The third-order valence-electron chi connectivity index (χ3n) is 3.06.